The maximum absolute atomic E-state index is 10.1. The second kappa shape index (κ2) is 7.60. The quantitative estimate of drug-likeness (QED) is 0.309. The minimum Gasteiger partial charge on any atom is -0.248 e. The third-order valence-electron chi connectivity index (χ3n) is 6.91. The Bertz CT molecular complexity index is 2060. The number of benzene rings is 5. The molecule has 5 aromatic carbocycles. The Kier molecular flexibility index (Phi) is 4.24. The molecular formula is C32H16N4. The zero-order chi connectivity index (χ0) is 24.2. The maximum Gasteiger partial charge on any atom is 0.101 e. The lowest BCUT2D eigenvalue weighted by atomic mass is 9.84. The van der Waals surface area contributed by atoms with Crippen LogP contribution in [0.3, 0.4) is 0 Å². The van der Waals surface area contributed by atoms with E-state index in [4.69, 9.17) is 9.98 Å². The van der Waals surface area contributed by atoms with Gasteiger partial charge in [-0.15, -0.1) is 0 Å². The van der Waals surface area contributed by atoms with Gasteiger partial charge in [0.2, 0.25) is 0 Å². The molecule has 0 N–H and O–H groups in total. The van der Waals surface area contributed by atoms with Gasteiger partial charge in [-0.05, 0) is 41.5 Å². The SMILES string of the molecule is N#Cc1cccc(-c2c(-c3ccccc3)ccc3c2-c2c4c(ccc2=N3)=c2ccccc2=N4)c1C#N. The highest BCUT2D eigenvalue weighted by atomic mass is 14.8. The van der Waals surface area contributed by atoms with Crippen LogP contribution in [0.1, 0.15) is 11.1 Å². The molecule has 7 rings (SSSR count). The third kappa shape index (κ3) is 2.73. The summed E-state index contributed by atoms with van der Waals surface area (Å²) in [6.07, 6.45) is 0. The zero-order valence-corrected chi connectivity index (χ0v) is 19.0. The van der Waals surface area contributed by atoms with Gasteiger partial charge in [0.1, 0.15) is 12.1 Å². The van der Waals surface area contributed by atoms with Gasteiger partial charge in [-0.2, -0.15) is 10.5 Å². The minimum absolute atomic E-state index is 0.358. The standard InChI is InChI=1S/C32H16N4/c33-17-20-9-6-11-23(25(20)18-34)29-21(19-7-2-1-3-8-19)13-15-27-30(29)31-28(35-27)16-14-24-22-10-4-5-12-26(22)36-32(24)31/h1-16H. The second-order valence-corrected chi connectivity index (χ2v) is 8.80. The first-order valence-corrected chi connectivity index (χ1v) is 11.6. The van der Waals surface area contributed by atoms with Crippen molar-refractivity contribution in [2.45, 2.75) is 0 Å². The molecule has 0 fully saturated rings. The van der Waals surface area contributed by atoms with E-state index < -0.39 is 0 Å². The van der Waals surface area contributed by atoms with Gasteiger partial charge < -0.3 is 0 Å². The van der Waals surface area contributed by atoms with Gasteiger partial charge in [0.25, 0.3) is 0 Å². The van der Waals surface area contributed by atoms with E-state index in [1.54, 1.807) is 6.07 Å². The Hall–Kier alpha value is -5.32. The summed E-state index contributed by atoms with van der Waals surface area (Å²) in [6, 6.07) is 36.5. The first-order valence-electron chi connectivity index (χ1n) is 11.6. The summed E-state index contributed by atoms with van der Waals surface area (Å²) in [5.74, 6) is 0. The van der Waals surface area contributed by atoms with Crippen LogP contribution in [0.4, 0.5) is 11.4 Å². The normalized spacial score (nSPS) is 11.7. The van der Waals surface area contributed by atoms with E-state index in [1.807, 2.05) is 54.6 Å². The van der Waals surface area contributed by atoms with Crippen LogP contribution in [-0.4, -0.2) is 0 Å². The molecule has 164 valence electrons. The molecule has 0 saturated carbocycles. The number of para-hydroxylation sites is 1. The molecule has 5 aromatic rings. The molecule has 0 radical (unpaired) electrons. The molecule has 4 nitrogen and oxygen atoms in total. The molecule has 4 heteroatoms. The van der Waals surface area contributed by atoms with Crippen molar-refractivity contribution < 1.29 is 0 Å². The predicted octanol–water partition coefficient (Wildman–Crippen LogP) is 6.25. The van der Waals surface area contributed by atoms with Crippen molar-refractivity contribution >= 4 is 11.4 Å². The molecule has 2 aliphatic rings. The Morgan fingerprint density at radius 2 is 1.36 bits per heavy atom. The summed E-state index contributed by atoms with van der Waals surface area (Å²) in [4.78, 5) is 9.99. The number of nitriles is 2. The highest BCUT2D eigenvalue weighted by Crippen LogP contribution is 2.50. The average molecular weight is 457 g/mol. The van der Waals surface area contributed by atoms with Crippen LogP contribution < -0.4 is 10.7 Å². The van der Waals surface area contributed by atoms with Crippen molar-refractivity contribution in [3.63, 3.8) is 0 Å². The molecule has 0 bridgehead atoms. The molecule has 36 heavy (non-hydrogen) atoms. The molecule has 0 aliphatic carbocycles. The lowest BCUT2D eigenvalue weighted by Gasteiger charge is -2.18. The van der Waals surface area contributed by atoms with Crippen molar-refractivity contribution in [1.82, 2.24) is 0 Å². The van der Waals surface area contributed by atoms with Gasteiger partial charge in [-0.3, -0.25) is 0 Å². The highest BCUT2D eigenvalue weighted by molar-refractivity contribution is 6.04. The van der Waals surface area contributed by atoms with Gasteiger partial charge in [-0.25, -0.2) is 9.98 Å². The Balaban J connectivity index is 1.66. The van der Waals surface area contributed by atoms with Crippen LogP contribution >= 0.6 is 0 Å². The molecule has 0 saturated heterocycles. The molecule has 0 unspecified atom stereocenters. The van der Waals surface area contributed by atoms with E-state index >= 15 is 0 Å². The van der Waals surface area contributed by atoms with E-state index in [2.05, 4.69) is 48.5 Å². The minimum atomic E-state index is 0.358. The Morgan fingerprint density at radius 3 is 2.19 bits per heavy atom. The van der Waals surface area contributed by atoms with Gasteiger partial charge in [-0.1, -0.05) is 66.7 Å². The van der Waals surface area contributed by atoms with E-state index in [0.29, 0.717) is 11.1 Å². The summed E-state index contributed by atoms with van der Waals surface area (Å²) < 4.78 is 0. The lowest BCUT2D eigenvalue weighted by molar-refractivity contribution is 1.36. The van der Waals surface area contributed by atoms with E-state index in [1.165, 1.54) is 0 Å². The molecule has 2 aliphatic heterocycles. The predicted molar refractivity (Wildman–Crippen MR) is 138 cm³/mol. The molecule has 0 aromatic heterocycles. The van der Waals surface area contributed by atoms with Crippen LogP contribution in [-0.2, 0) is 0 Å². The zero-order valence-electron chi connectivity index (χ0n) is 19.0. The van der Waals surface area contributed by atoms with E-state index in [-0.39, 0.29) is 0 Å². The maximum atomic E-state index is 10.1. The van der Waals surface area contributed by atoms with E-state index in [0.717, 1.165) is 65.9 Å². The summed E-state index contributed by atoms with van der Waals surface area (Å²) in [5, 5.41) is 23.9. The van der Waals surface area contributed by atoms with Crippen LogP contribution in [0.5, 0.6) is 0 Å². The van der Waals surface area contributed by atoms with Crippen LogP contribution in [0.25, 0.3) is 33.4 Å². The van der Waals surface area contributed by atoms with Crippen molar-refractivity contribution in [3.05, 3.63) is 129 Å². The second-order valence-electron chi connectivity index (χ2n) is 8.80. The molecule has 0 spiro atoms. The number of hydrogen-bond donors (Lipinski definition) is 0. The van der Waals surface area contributed by atoms with Gasteiger partial charge >= 0.3 is 0 Å². The Morgan fingerprint density at radius 1 is 0.528 bits per heavy atom. The van der Waals surface area contributed by atoms with Crippen LogP contribution in [0, 0.1) is 33.1 Å². The van der Waals surface area contributed by atoms with Crippen molar-refractivity contribution in [1.29, 1.82) is 10.5 Å². The van der Waals surface area contributed by atoms with E-state index in [9.17, 15) is 10.5 Å². The number of fused-ring (bicyclic) bond motifs is 6. The van der Waals surface area contributed by atoms with Gasteiger partial charge in [0.05, 0.1) is 33.2 Å². The molecular weight excluding hydrogens is 440 g/mol. The van der Waals surface area contributed by atoms with Crippen molar-refractivity contribution in [3.8, 4) is 45.5 Å². The summed E-state index contributed by atoms with van der Waals surface area (Å²) in [5.41, 5.74) is 8.02. The average Bonchev–Trinajstić information content (AvgIpc) is 3.50. The first kappa shape index (κ1) is 20.1. The topological polar surface area (TPSA) is 72.3 Å². The molecule has 2 heterocycles. The van der Waals surface area contributed by atoms with Crippen LogP contribution in [0.15, 0.2) is 107 Å². The number of rotatable bonds is 2. The third-order valence-corrected chi connectivity index (χ3v) is 6.91. The lowest BCUT2D eigenvalue weighted by Crippen LogP contribution is -2.02. The first-order chi connectivity index (χ1) is 17.8. The van der Waals surface area contributed by atoms with Gasteiger partial charge in [0.15, 0.2) is 0 Å². The largest absolute Gasteiger partial charge is 0.248 e. The fraction of sp³-hybridized carbons (Fsp3) is 0. The Labute approximate surface area is 206 Å². The smallest absolute Gasteiger partial charge is 0.101 e. The molecule has 0 amide bonds. The fourth-order valence-electron chi connectivity index (χ4n) is 5.35. The summed E-state index contributed by atoms with van der Waals surface area (Å²) >= 11 is 0. The number of hydrogen-bond acceptors (Lipinski definition) is 4. The fourth-order valence-corrected chi connectivity index (χ4v) is 5.35. The van der Waals surface area contributed by atoms with Crippen molar-refractivity contribution in [2.24, 2.45) is 9.98 Å². The highest BCUT2D eigenvalue weighted by Gasteiger charge is 2.27. The monoisotopic (exact) mass is 456 g/mol. The number of nitrogens with zero attached hydrogens (tertiary/aromatic N) is 4. The summed E-state index contributed by atoms with van der Waals surface area (Å²) in [7, 11) is 0. The molecule has 0 atom stereocenters. The summed E-state index contributed by atoms with van der Waals surface area (Å²) in [6.45, 7) is 0. The van der Waals surface area contributed by atoms with Crippen LogP contribution in [0.2, 0.25) is 0 Å². The van der Waals surface area contributed by atoms with Gasteiger partial charge in [0, 0.05) is 32.7 Å². The van der Waals surface area contributed by atoms with Crippen molar-refractivity contribution in [2.75, 3.05) is 0 Å².